The van der Waals surface area contributed by atoms with Gasteiger partial charge in [0.25, 0.3) is 0 Å². The number of aliphatic hydroxyl groups excluding tert-OH is 1. The summed E-state index contributed by atoms with van der Waals surface area (Å²) in [5, 5.41) is 10.6. The lowest BCUT2D eigenvalue weighted by molar-refractivity contribution is -0.161. The average molecular weight is 1350 g/mol. The normalized spacial score (nSPS) is 13.9. The first kappa shape index (κ1) is 90.1. The first-order valence-corrected chi connectivity index (χ1v) is 41.3. The van der Waals surface area contributed by atoms with Crippen molar-refractivity contribution in [2.75, 3.05) is 39.6 Å². The molecule has 19 heteroatoms. The summed E-state index contributed by atoms with van der Waals surface area (Å²) in [5.74, 6) is -2.12. The summed E-state index contributed by atoms with van der Waals surface area (Å²) < 4.78 is 68.3. The third-order valence-electron chi connectivity index (χ3n) is 17.1. The van der Waals surface area contributed by atoms with Gasteiger partial charge in [0.05, 0.1) is 26.4 Å². The number of hydrogen-bond donors (Lipinski definition) is 3. The number of aliphatic hydroxyl groups is 1. The molecule has 17 nitrogen and oxygen atoms in total. The van der Waals surface area contributed by atoms with Crippen LogP contribution in [0.1, 0.15) is 387 Å². The van der Waals surface area contributed by atoms with E-state index in [0.717, 1.165) is 103 Å². The molecule has 0 saturated heterocycles. The molecule has 0 amide bonds. The van der Waals surface area contributed by atoms with Gasteiger partial charge in [-0.3, -0.25) is 37.3 Å². The smallest absolute Gasteiger partial charge is 0.462 e. The molecule has 0 aliphatic heterocycles. The summed E-state index contributed by atoms with van der Waals surface area (Å²) in [6.07, 6.45) is 56.9. The number of carbonyl (C=O) groups excluding carboxylic acids is 4. The summed E-state index contributed by atoms with van der Waals surface area (Å²) in [6.45, 7) is 4.94. The number of ether oxygens (including phenoxy) is 4. The van der Waals surface area contributed by atoms with E-state index in [9.17, 15) is 43.2 Å². The van der Waals surface area contributed by atoms with Crippen LogP contribution in [0.4, 0.5) is 0 Å². The maximum atomic E-state index is 13.0. The van der Waals surface area contributed by atoms with E-state index < -0.39 is 97.5 Å². The lowest BCUT2D eigenvalue weighted by atomic mass is 10.0. The van der Waals surface area contributed by atoms with Crippen molar-refractivity contribution >= 4 is 39.5 Å². The number of phosphoric acid groups is 2. The Morgan fingerprint density at radius 1 is 0.261 bits per heavy atom. The van der Waals surface area contributed by atoms with Crippen molar-refractivity contribution in [3.05, 3.63) is 0 Å². The van der Waals surface area contributed by atoms with E-state index in [2.05, 4.69) is 27.7 Å². The van der Waals surface area contributed by atoms with Crippen LogP contribution in [-0.4, -0.2) is 96.7 Å². The fourth-order valence-electron chi connectivity index (χ4n) is 11.2. The summed E-state index contributed by atoms with van der Waals surface area (Å²) in [4.78, 5) is 72.6. The van der Waals surface area contributed by atoms with Gasteiger partial charge in [0.15, 0.2) is 12.2 Å². The van der Waals surface area contributed by atoms with Crippen LogP contribution in [0.5, 0.6) is 0 Å². The van der Waals surface area contributed by atoms with E-state index in [-0.39, 0.29) is 25.7 Å². The average Bonchev–Trinajstić information content (AvgIpc) is 1.73. The molecule has 0 bridgehead atoms. The van der Waals surface area contributed by atoms with E-state index in [1.807, 2.05) is 0 Å². The number of phosphoric ester groups is 2. The first-order chi connectivity index (χ1) is 44.7. The van der Waals surface area contributed by atoms with Crippen LogP contribution in [0.2, 0.25) is 0 Å². The van der Waals surface area contributed by atoms with Crippen molar-refractivity contribution in [2.45, 2.75) is 406 Å². The van der Waals surface area contributed by atoms with Crippen LogP contribution >= 0.6 is 15.6 Å². The maximum absolute atomic E-state index is 13.0. The summed E-state index contributed by atoms with van der Waals surface area (Å²) in [5.41, 5.74) is 0. The Morgan fingerprint density at radius 3 is 0.641 bits per heavy atom. The summed E-state index contributed by atoms with van der Waals surface area (Å²) in [6, 6.07) is 0. The van der Waals surface area contributed by atoms with Crippen LogP contribution in [0.3, 0.4) is 0 Å². The summed E-state index contributed by atoms with van der Waals surface area (Å²) in [7, 11) is -9.90. The highest BCUT2D eigenvalue weighted by atomic mass is 31.2. The Balaban J connectivity index is 5.16. The molecule has 3 N–H and O–H groups in total. The van der Waals surface area contributed by atoms with Gasteiger partial charge in [0.1, 0.15) is 19.3 Å². The second-order valence-electron chi connectivity index (χ2n) is 26.3. The molecular weight excluding hydrogens is 1210 g/mol. The second-order valence-corrected chi connectivity index (χ2v) is 29.2. The van der Waals surface area contributed by atoms with Crippen LogP contribution in [0.25, 0.3) is 0 Å². The second kappa shape index (κ2) is 67.6. The molecule has 546 valence electrons. The topological polar surface area (TPSA) is 237 Å². The fraction of sp³-hybridized carbons (Fsp3) is 0.945. The van der Waals surface area contributed by atoms with Crippen LogP contribution in [-0.2, 0) is 65.4 Å². The van der Waals surface area contributed by atoms with Gasteiger partial charge in [-0.25, -0.2) is 9.13 Å². The van der Waals surface area contributed by atoms with E-state index >= 15 is 0 Å². The molecule has 0 rings (SSSR count). The Morgan fingerprint density at radius 2 is 0.435 bits per heavy atom. The van der Waals surface area contributed by atoms with Gasteiger partial charge in [-0.2, -0.15) is 0 Å². The Kier molecular flexibility index (Phi) is 66.2. The van der Waals surface area contributed by atoms with Crippen LogP contribution < -0.4 is 0 Å². The largest absolute Gasteiger partial charge is 0.472 e. The molecule has 0 radical (unpaired) electrons. The molecule has 0 aliphatic carbocycles. The minimum absolute atomic E-state index is 0.105. The Bertz CT molecular complexity index is 1760. The van der Waals surface area contributed by atoms with Crippen LogP contribution in [0.15, 0.2) is 0 Å². The lowest BCUT2D eigenvalue weighted by Gasteiger charge is -2.21. The predicted molar refractivity (Wildman–Crippen MR) is 372 cm³/mol. The highest BCUT2D eigenvalue weighted by molar-refractivity contribution is 7.47. The quantitative estimate of drug-likeness (QED) is 0.0222. The molecule has 92 heavy (non-hydrogen) atoms. The van der Waals surface area contributed by atoms with Gasteiger partial charge in [-0.15, -0.1) is 0 Å². The molecule has 0 aliphatic rings. The molecule has 0 spiro atoms. The highest BCUT2D eigenvalue weighted by Crippen LogP contribution is 2.45. The molecule has 0 saturated carbocycles. The number of hydrogen-bond acceptors (Lipinski definition) is 15. The number of carbonyl (C=O) groups is 4. The minimum Gasteiger partial charge on any atom is -0.462 e. The fourth-order valence-corrected chi connectivity index (χ4v) is 12.8. The summed E-state index contributed by atoms with van der Waals surface area (Å²) >= 11 is 0. The van der Waals surface area contributed by atoms with Crippen molar-refractivity contribution in [1.29, 1.82) is 0 Å². The van der Waals surface area contributed by atoms with E-state index in [4.69, 9.17) is 37.0 Å². The van der Waals surface area contributed by atoms with Gasteiger partial charge in [-0.05, 0) is 25.7 Å². The van der Waals surface area contributed by atoms with Crippen molar-refractivity contribution in [1.82, 2.24) is 0 Å². The first-order valence-electron chi connectivity index (χ1n) is 38.3. The standard InChI is InChI=1S/C73H142O17P2/c1-5-9-13-17-21-24-27-30-33-36-39-42-46-49-53-57-70(75)83-63-68(89-72(77)59-55-51-45-20-16-12-8-4)65-87-91(79,80)85-61-67(74)62-86-92(81,82)88-66-69(90-73(78)60-56-52-48-44-41-38-35-32-29-26-23-19-15-11-7-3)64-84-71(76)58-54-50-47-43-40-37-34-31-28-25-22-18-14-10-6-2/h67-69,74H,5-66H2,1-4H3,(H,79,80)(H,81,82)/t67-,68-,69-/m1/s1. The molecule has 0 aromatic carbocycles. The van der Waals surface area contributed by atoms with Crippen molar-refractivity contribution in [2.24, 2.45) is 0 Å². The van der Waals surface area contributed by atoms with Crippen LogP contribution in [0, 0.1) is 0 Å². The van der Waals surface area contributed by atoms with Gasteiger partial charge < -0.3 is 33.8 Å². The number of unbranched alkanes of at least 4 members (excludes halogenated alkanes) is 48. The zero-order valence-electron chi connectivity index (χ0n) is 59.5. The molecule has 0 heterocycles. The Hall–Kier alpha value is -1.94. The number of rotatable bonds is 74. The third-order valence-corrected chi connectivity index (χ3v) is 19.0. The molecule has 0 aromatic heterocycles. The zero-order valence-corrected chi connectivity index (χ0v) is 61.3. The highest BCUT2D eigenvalue weighted by Gasteiger charge is 2.30. The molecule has 0 fully saturated rings. The molecule has 5 atom stereocenters. The maximum Gasteiger partial charge on any atom is 0.472 e. The van der Waals surface area contributed by atoms with Gasteiger partial charge in [-0.1, -0.05) is 336 Å². The number of esters is 4. The van der Waals surface area contributed by atoms with E-state index in [1.165, 1.54) is 205 Å². The molecular formula is C73H142O17P2. The van der Waals surface area contributed by atoms with E-state index in [1.54, 1.807) is 0 Å². The molecule has 2 unspecified atom stereocenters. The van der Waals surface area contributed by atoms with Crippen molar-refractivity contribution in [3.63, 3.8) is 0 Å². The zero-order chi connectivity index (χ0) is 67.5. The van der Waals surface area contributed by atoms with Crippen molar-refractivity contribution in [3.8, 4) is 0 Å². The monoisotopic (exact) mass is 1350 g/mol. The van der Waals surface area contributed by atoms with Gasteiger partial charge in [0.2, 0.25) is 0 Å². The molecule has 0 aromatic rings. The Labute approximate surface area is 562 Å². The van der Waals surface area contributed by atoms with Crippen molar-refractivity contribution < 1.29 is 80.2 Å². The third kappa shape index (κ3) is 66.7. The minimum atomic E-state index is -4.95. The SMILES string of the molecule is CCCCCCCCCCCCCCCCCC(=O)OC[C@H](COP(=O)(O)OC[C@@H](O)COP(=O)(O)OC[C@@H](COC(=O)CCCCCCCCCCCCCCCCC)OC(=O)CCCCCCCCCCCCCCCCC)OC(=O)CCCCCCCCC. The van der Waals surface area contributed by atoms with Gasteiger partial charge in [0, 0.05) is 25.7 Å². The van der Waals surface area contributed by atoms with Gasteiger partial charge >= 0.3 is 39.5 Å². The van der Waals surface area contributed by atoms with E-state index in [0.29, 0.717) is 25.7 Å². The predicted octanol–water partition coefficient (Wildman–Crippen LogP) is 21.4. The lowest BCUT2D eigenvalue weighted by Crippen LogP contribution is -2.30.